The number of hydrogen-bond acceptors (Lipinski definition) is 4. The van der Waals surface area contributed by atoms with Crippen LogP contribution in [0.3, 0.4) is 0 Å². The summed E-state index contributed by atoms with van der Waals surface area (Å²) in [5.74, 6) is -0.736. The molecule has 1 aromatic heterocycles. The number of rotatable bonds is 3. The Kier molecular flexibility index (Phi) is 3.75. The normalized spacial score (nSPS) is 17.3. The summed E-state index contributed by atoms with van der Waals surface area (Å²) in [4.78, 5) is 12.2. The highest BCUT2D eigenvalue weighted by atomic mass is 32.2. The van der Waals surface area contributed by atoms with E-state index >= 15 is 0 Å². The lowest BCUT2D eigenvalue weighted by Gasteiger charge is -2.13. The van der Waals surface area contributed by atoms with Gasteiger partial charge in [0, 0.05) is 5.38 Å². The van der Waals surface area contributed by atoms with Gasteiger partial charge >= 0.3 is 0 Å². The van der Waals surface area contributed by atoms with Gasteiger partial charge in [-0.1, -0.05) is 6.07 Å². The number of benzene rings is 1. The maximum absolute atomic E-state index is 13.3. The Labute approximate surface area is 131 Å². The molecular formula is C14H13FN2O3S2. The first kappa shape index (κ1) is 15.1. The van der Waals surface area contributed by atoms with Crippen LogP contribution in [-0.2, 0) is 16.4 Å². The van der Waals surface area contributed by atoms with Crippen LogP contribution >= 0.6 is 11.3 Å². The van der Waals surface area contributed by atoms with Crippen LogP contribution in [0.25, 0.3) is 0 Å². The molecule has 0 aliphatic heterocycles. The standard InChI is InChI=1S/C14H13FN2O3S2/c15-10-3-1-8-2-4-12(11(8)6-10)17-14(18)9-5-13(21-7-9)22(16,19)20/h1,3,5-7,12H,2,4H2,(H,17,18)(H2,16,19,20). The number of nitrogens with one attached hydrogen (secondary N) is 1. The molecule has 0 fully saturated rings. The van der Waals surface area contributed by atoms with E-state index in [2.05, 4.69) is 5.32 Å². The largest absolute Gasteiger partial charge is 0.345 e. The van der Waals surface area contributed by atoms with E-state index in [0.29, 0.717) is 6.42 Å². The first-order chi connectivity index (χ1) is 10.3. The fourth-order valence-electron chi connectivity index (χ4n) is 2.55. The average molecular weight is 340 g/mol. The highest BCUT2D eigenvalue weighted by Gasteiger charge is 2.25. The van der Waals surface area contributed by atoms with Gasteiger partial charge in [-0.2, -0.15) is 0 Å². The Morgan fingerprint density at radius 3 is 2.82 bits per heavy atom. The minimum absolute atomic E-state index is 0.0597. The predicted octanol–water partition coefficient (Wildman–Crippen LogP) is 1.95. The molecule has 2 aromatic rings. The second-order valence-electron chi connectivity index (χ2n) is 5.11. The number of sulfonamides is 1. The minimum atomic E-state index is -3.81. The highest BCUT2D eigenvalue weighted by molar-refractivity contribution is 7.91. The van der Waals surface area contributed by atoms with Gasteiger partial charge in [0.25, 0.3) is 5.91 Å². The van der Waals surface area contributed by atoms with Crippen LogP contribution in [0.15, 0.2) is 33.9 Å². The molecule has 8 heteroatoms. The number of aryl methyl sites for hydroxylation is 1. The van der Waals surface area contributed by atoms with Gasteiger partial charge < -0.3 is 5.32 Å². The third-order valence-electron chi connectivity index (χ3n) is 3.61. The first-order valence-corrected chi connectivity index (χ1v) is 8.98. The number of carbonyl (C=O) groups excluding carboxylic acids is 1. The van der Waals surface area contributed by atoms with Crippen LogP contribution in [0, 0.1) is 5.82 Å². The van der Waals surface area contributed by atoms with Gasteiger partial charge in [-0.15, -0.1) is 11.3 Å². The van der Waals surface area contributed by atoms with Gasteiger partial charge in [0.15, 0.2) is 0 Å². The van der Waals surface area contributed by atoms with Crippen LogP contribution in [-0.4, -0.2) is 14.3 Å². The number of amides is 1. The Bertz CT molecular complexity index is 846. The molecule has 1 aliphatic rings. The third kappa shape index (κ3) is 2.90. The summed E-state index contributed by atoms with van der Waals surface area (Å²) in [6.45, 7) is 0. The maximum Gasteiger partial charge on any atom is 0.252 e. The van der Waals surface area contributed by atoms with Crippen molar-refractivity contribution < 1.29 is 17.6 Å². The van der Waals surface area contributed by atoms with Crippen molar-refractivity contribution in [3.8, 4) is 0 Å². The quantitative estimate of drug-likeness (QED) is 0.895. The van der Waals surface area contributed by atoms with Crippen molar-refractivity contribution in [2.45, 2.75) is 23.1 Å². The number of nitrogens with two attached hydrogens (primary N) is 1. The molecule has 1 aromatic carbocycles. The van der Waals surface area contributed by atoms with Crippen LogP contribution in [0.4, 0.5) is 4.39 Å². The summed E-state index contributed by atoms with van der Waals surface area (Å²) in [6, 6.07) is 5.53. The van der Waals surface area contributed by atoms with Gasteiger partial charge in [0.1, 0.15) is 10.0 Å². The summed E-state index contributed by atoms with van der Waals surface area (Å²) in [7, 11) is -3.81. The van der Waals surface area contributed by atoms with E-state index in [1.807, 2.05) is 0 Å². The van der Waals surface area contributed by atoms with Crippen molar-refractivity contribution in [2.75, 3.05) is 0 Å². The van der Waals surface area contributed by atoms with Gasteiger partial charge in [-0.25, -0.2) is 17.9 Å². The Morgan fingerprint density at radius 1 is 1.36 bits per heavy atom. The third-order valence-corrected chi connectivity index (χ3v) is 6.00. The number of fused-ring (bicyclic) bond motifs is 1. The molecule has 1 unspecified atom stereocenters. The zero-order valence-corrected chi connectivity index (χ0v) is 13.0. The van der Waals surface area contributed by atoms with Crippen LogP contribution in [0.1, 0.15) is 33.9 Å². The van der Waals surface area contributed by atoms with Crippen molar-refractivity contribution in [1.29, 1.82) is 0 Å². The molecule has 116 valence electrons. The lowest BCUT2D eigenvalue weighted by Crippen LogP contribution is -2.26. The SMILES string of the molecule is NS(=O)(=O)c1cc(C(=O)NC2CCc3ccc(F)cc32)cs1. The van der Waals surface area contributed by atoms with Gasteiger partial charge in [0.2, 0.25) is 10.0 Å². The van der Waals surface area contributed by atoms with E-state index in [0.717, 1.165) is 28.9 Å². The lowest BCUT2D eigenvalue weighted by atomic mass is 10.1. The Balaban J connectivity index is 1.79. The summed E-state index contributed by atoms with van der Waals surface area (Å²) < 4.78 is 35.7. The zero-order chi connectivity index (χ0) is 15.9. The van der Waals surface area contributed by atoms with Crippen molar-refractivity contribution in [3.05, 3.63) is 52.2 Å². The number of hydrogen-bond donors (Lipinski definition) is 2. The van der Waals surface area contributed by atoms with E-state index < -0.39 is 15.9 Å². The minimum Gasteiger partial charge on any atom is -0.345 e. The van der Waals surface area contributed by atoms with Crippen molar-refractivity contribution in [2.24, 2.45) is 5.14 Å². The zero-order valence-electron chi connectivity index (χ0n) is 11.4. The molecule has 0 saturated heterocycles. The van der Waals surface area contributed by atoms with Crippen molar-refractivity contribution in [1.82, 2.24) is 5.32 Å². The molecule has 3 rings (SSSR count). The first-order valence-electron chi connectivity index (χ1n) is 6.55. The number of carbonyl (C=O) groups is 1. The molecule has 0 bridgehead atoms. The molecule has 5 nitrogen and oxygen atoms in total. The van der Waals surface area contributed by atoms with Gasteiger partial charge in [-0.05, 0) is 42.2 Å². The van der Waals surface area contributed by atoms with E-state index in [1.165, 1.54) is 23.6 Å². The molecule has 1 aliphatic carbocycles. The van der Waals surface area contributed by atoms with Crippen molar-refractivity contribution >= 4 is 27.3 Å². The summed E-state index contributed by atoms with van der Waals surface area (Å²) in [5.41, 5.74) is 2.02. The van der Waals surface area contributed by atoms with E-state index in [1.54, 1.807) is 6.07 Å². The molecule has 1 amide bonds. The molecule has 0 saturated carbocycles. The molecule has 1 heterocycles. The molecule has 0 spiro atoms. The van der Waals surface area contributed by atoms with Crippen LogP contribution < -0.4 is 10.5 Å². The maximum atomic E-state index is 13.3. The van der Waals surface area contributed by atoms with E-state index in [9.17, 15) is 17.6 Å². The van der Waals surface area contributed by atoms with Crippen LogP contribution in [0.5, 0.6) is 0 Å². The smallest absolute Gasteiger partial charge is 0.252 e. The monoisotopic (exact) mass is 340 g/mol. The second-order valence-corrected chi connectivity index (χ2v) is 7.81. The van der Waals surface area contributed by atoms with E-state index in [-0.39, 0.29) is 21.6 Å². The fourth-order valence-corrected chi connectivity index (χ4v) is 4.13. The number of halogens is 1. The lowest BCUT2D eigenvalue weighted by molar-refractivity contribution is 0.0937. The number of thiophene rings is 1. The number of primary sulfonamides is 1. The molecular weight excluding hydrogens is 327 g/mol. The average Bonchev–Trinajstić information content (AvgIpc) is 3.05. The Morgan fingerprint density at radius 2 is 2.14 bits per heavy atom. The van der Waals surface area contributed by atoms with Gasteiger partial charge in [0.05, 0.1) is 11.6 Å². The molecule has 1 atom stereocenters. The predicted molar refractivity (Wildman–Crippen MR) is 80.6 cm³/mol. The van der Waals surface area contributed by atoms with E-state index in [4.69, 9.17) is 5.14 Å². The van der Waals surface area contributed by atoms with Crippen LogP contribution in [0.2, 0.25) is 0 Å². The second kappa shape index (κ2) is 5.45. The van der Waals surface area contributed by atoms with Crippen molar-refractivity contribution in [3.63, 3.8) is 0 Å². The fraction of sp³-hybridized carbons (Fsp3) is 0.214. The van der Waals surface area contributed by atoms with Gasteiger partial charge in [-0.3, -0.25) is 4.79 Å². The Hall–Kier alpha value is -1.77. The highest BCUT2D eigenvalue weighted by Crippen LogP contribution is 2.32. The summed E-state index contributed by atoms with van der Waals surface area (Å²) >= 11 is 0.897. The molecule has 0 radical (unpaired) electrons. The topological polar surface area (TPSA) is 89.3 Å². The summed E-state index contributed by atoms with van der Waals surface area (Å²) in [5, 5.41) is 9.27. The summed E-state index contributed by atoms with van der Waals surface area (Å²) in [6.07, 6.45) is 1.46. The molecule has 3 N–H and O–H groups in total. The molecule has 22 heavy (non-hydrogen) atoms.